The van der Waals surface area contributed by atoms with Crippen LogP contribution in [0.2, 0.25) is 0 Å². The fraction of sp³-hybridized carbons (Fsp3) is 0.174. The van der Waals surface area contributed by atoms with Crippen LogP contribution in [0.1, 0.15) is 78.7 Å². The van der Waals surface area contributed by atoms with E-state index in [0.29, 0.717) is 7.25 Å². The van der Waals surface area contributed by atoms with Gasteiger partial charge in [-0.3, -0.25) is 0 Å². The zero-order valence-electron chi connectivity index (χ0n) is 28.2. The average Bonchev–Trinajstić information content (AvgIpc) is 3.72. The number of benzene rings is 4. The van der Waals surface area contributed by atoms with Crippen LogP contribution in [-0.2, 0) is 36.1 Å². The Balaban J connectivity index is 1.24. The van der Waals surface area contributed by atoms with Gasteiger partial charge < -0.3 is 0 Å². The molecule has 238 valence electrons. The van der Waals surface area contributed by atoms with E-state index in [9.17, 15) is 0 Å². The van der Waals surface area contributed by atoms with Crippen LogP contribution in [0.5, 0.6) is 0 Å². The van der Waals surface area contributed by atoms with Crippen LogP contribution in [0.25, 0.3) is 45.6 Å². The van der Waals surface area contributed by atoms with Crippen LogP contribution >= 0.6 is 0 Å². The minimum atomic E-state index is -1.27. The van der Waals surface area contributed by atoms with E-state index in [1.807, 2.05) is 24.5 Å². The number of hydrogen-bond donors (Lipinski definition) is 0. The number of nitrogens with zero attached hydrogens (tertiary/aromatic N) is 2. The van der Waals surface area contributed by atoms with Gasteiger partial charge in [0.15, 0.2) is 0 Å². The van der Waals surface area contributed by atoms with Crippen LogP contribution < -0.4 is 0 Å². The van der Waals surface area contributed by atoms with Crippen molar-refractivity contribution in [3.8, 4) is 22.3 Å². The van der Waals surface area contributed by atoms with E-state index in [2.05, 4.69) is 135 Å². The van der Waals surface area contributed by atoms with Gasteiger partial charge in [0.2, 0.25) is 0 Å². The number of fused-ring (bicyclic) bond motifs is 2. The van der Waals surface area contributed by atoms with Gasteiger partial charge in [0, 0.05) is 0 Å². The van der Waals surface area contributed by atoms with Crippen molar-refractivity contribution in [2.75, 3.05) is 0 Å². The zero-order chi connectivity index (χ0) is 33.2. The summed E-state index contributed by atoms with van der Waals surface area (Å²) >= 11 is -1.27. The van der Waals surface area contributed by atoms with Crippen LogP contribution in [0.3, 0.4) is 0 Å². The SMILES string of the molecule is CCCc1ccc(-c2cccc3c2C=C(c2ccccn2)[CH]3[Zr][CH]2C(c3ccccn3)=Cc3c(-c4ccc(CCC)cc4)cccc32)cc1. The van der Waals surface area contributed by atoms with Crippen LogP contribution in [0, 0.1) is 0 Å². The zero-order valence-corrected chi connectivity index (χ0v) is 30.7. The molecular weight excluding hydrogens is 672 g/mol. The summed E-state index contributed by atoms with van der Waals surface area (Å²) in [5, 5.41) is 0. The Bertz CT molecular complexity index is 1990. The summed E-state index contributed by atoms with van der Waals surface area (Å²) in [5.74, 6) is 0. The number of hydrogen-bond acceptors (Lipinski definition) is 2. The molecule has 0 bridgehead atoms. The van der Waals surface area contributed by atoms with E-state index in [1.165, 1.54) is 66.8 Å². The molecule has 0 amide bonds. The Kier molecular flexibility index (Phi) is 9.20. The van der Waals surface area contributed by atoms with E-state index >= 15 is 0 Å². The monoisotopic (exact) mass is 710 g/mol. The summed E-state index contributed by atoms with van der Waals surface area (Å²) in [6.07, 6.45) is 13.4. The van der Waals surface area contributed by atoms with E-state index in [1.54, 1.807) is 0 Å². The molecule has 0 aliphatic heterocycles. The summed E-state index contributed by atoms with van der Waals surface area (Å²) < 4.78 is 0.709. The molecule has 2 aliphatic rings. The van der Waals surface area contributed by atoms with Crippen molar-refractivity contribution in [1.29, 1.82) is 0 Å². The third-order valence-corrected chi connectivity index (χ3v) is 14.7. The first-order valence-corrected chi connectivity index (χ1v) is 20.5. The van der Waals surface area contributed by atoms with Gasteiger partial charge in [-0.05, 0) is 0 Å². The summed E-state index contributed by atoms with van der Waals surface area (Å²) in [6, 6.07) is 45.1. The fourth-order valence-electron chi connectivity index (χ4n) is 7.62. The quantitative estimate of drug-likeness (QED) is 0.141. The molecule has 3 heteroatoms. The van der Waals surface area contributed by atoms with Crippen molar-refractivity contribution >= 4 is 23.3 Å². The van der Waals surface area contributed by atoms with Crippen molar-refractivity contribution in [1.82, 2.24) is 9.97 Å². The molecule has 2 unspecified atom stereocenters. The molecule has 6 aromatic rings. The van der Waals surface area contributed by atoms with Gasteiger partial charge in [0.1, 0.15) is 0 Å². The molecule has 0 saturated heterocycles. The molecule has 2 atom stereocenters. The normalized spacial score (nSPS) is 16.1. The second-order valence-corrected chi connectivity index (χ2v) is 16.8. The number of pyridine rings is 2. The summed E-state index contributed by atoms with van der Waals surface area (Å²) in [7, 11) is 0. The number of rotatable bonds is 10. The van der Waals surface area contributed by atoms with Gasteiger partial charge in [-0.15, -0.1) is 0 Å². The molecule has 2 aliphatic carbocycles. The Morgan fingerprint density at radius 1 is 0.490 bits per heavy atom. The Labute approximate surface area is 302 Å². The van der Waals surface area contributed by atoms with Crippen LogP contribution in [-0.4, -0.2) is 9.97 Å². The third-order valence-electron chi connectivity index (χ3n) is 9.99. The van der Waals surface area contributed by atoms with Crippen molar-refractivity contribution in [3.63, 3.8) is 0 Å². The second-order valence-electron chi connectivity index (χ2n) is 13.2. The molecular formula is C46H40N2Zr. The van der Waals surface area contributed by atoms with Crippen LogP contribution in [0.15, 0.2) is 134 Å². The van der Waals surface area contributed by atoms with E-state index in [-0.39, 0.29) is 0 Å². The fourth-order valence-corrected chi connectivity index (χ4v) is 12.6. The average molecular weight is 712 g/mol. The Morgan fingerprint density at radius 2 is 0.939 bits per heavy atom. The number of aromatic nitrogens is 2. The van der Waals surface area contributed by atoms with E-state index in [4.69, 9.17) is 9.97 Å². The molecule has 2 nitrogen and oxygen atoms in total. The van der Waals surface area contributed by atoms with E-state index in [0.717, 1.165) is 37.1 Å². The molecule has 49 heavy (non-hydrogen) atoms. The molecule has 0 saturated carbocycles. The Morgan fingerprint density at radius 3 is 1.33 bits per heavy atom. The predicted molar refractivity (Wildman–Crippen MR) is 201 cm³/mol. The number of aryl methyl sites for hydroxylation is 2. The van der Waals surface area contributed by atoms with Crippen molar-refractivity contribution in [3.05, 3.63) is 178 Å². The van der Waals surface area contributed by atoms with Gasteiger partial charge in [-0.2, -0.15) is 0 Å². The molecule has 2 aromatic heterocycles. The third kappa shape index (κ3) is 6.26. The summed E-state index contributed by atoms with van der Waals surface area (Å²) in [6.45, 7) is 4.49. The van der Waals surface area contributed by atoms with Crippen molar-refractivity contribution in [2.45, 2.75) is 46.8 Å². The molecule has 0 spiro atoms. The Hall–Kier alpha value is -4.46. The van der Waals surface area contributed by atoms with Gasteiger partial charge in [-0.1, -0.05) is 0 Å². The van der Waals surface area contributed by atoms with Crippen LogP contribution in [0.4, 0.5) is 0 Å². The molecule has 0 radical (unpaired) electrons. The first kappa shape index (κ1) is 31.8. The first-order valence-electron chi connectivity index (χ1n) is 17.7. The molecule has 0 N–H and O–H groups in total. The minimum absolute atomic E-state index is 0.355. The van der Waals surface area contributed by atoms with Crippen molar-refractivity contribution < 1.29 is 23.2 Å². The van der Waals surface area contributed by atoms with Crippen molar-refractivity contribution in [2.24, 2.45) is 0 Å². The topological polar surface area (TPSA) is 25.8 Å². The molecule has 2 heterocycles. The second kappa shape index (κ2) is 14.2. The summed E-state index contributed by atoms with van der Waals surface area (Å²) in [5.41, 5.74) is 18.6. The van der Waals surface area contributed by atoms with Gasteiger partial charge in [0.05, 0.1) is 0 Å². The predicted octanol–water partition coefficient (Wildman–Crippen LogP) is 11.7. The van der Waals surface area contributed by atoms with Gasteiger partial charge >= 0.3 is 304 Å². The number of allylic oxidation sites excluding steroid dienone is 2. The van der Waals surface area contributed by atoms with Gasteiger partial charge in [-0.25, -0.2) is 0 Å². The van der Waals surface area contributed by atoms with E-state index < -0.39 is 23.2 Å². The first-order chi connectivity index (χ1) is 24.2. The summed E-state index contributed by atoms with van der Waals surface area (Å²) in [4.78, 5) is 9.86. The maximum atomic E-state index is 4.93. The molecule has 4 aromatic carbocycles. The molecule has 0 fully saturated rings. The maximum absolute atomic E-state index is 4.93. The standard InChI is InChI=1S/2C23H20N.Zr/c2*1-2-6-17-10-12-18(13-11-17)21-8-5-7-19-15-20(16-22(19)21)23-9-3-4-14-24-23;/h2*3-5,7-16H,2,6H2,1H3;. The van der Waals surface area contributed by atoms with Gasteiger partial charge in [0.25, 0.3) is 0 Å². The molecule has 8 rings (SSSR count).